The van der Waals surface area contributed by atoms with Crippen molar-refractivity contribution in [2.45, 2.75) is 52.7 Å². The van der Waals surface area contributed by atoms with Gasteiger partial charge in [-0.1, -0.05) is 30.3 Å². The number of nitrogens with zero attached hydrogens (tertiary/aromatic N) is 1. The number of aryl methyl sites for hydroxylation is 1. The molecule has 1 aromatic carbocycles. The van der Waals surface area contributed by atoms with Crippen LogP contribution in [0.25, 0.3) is 0 Å². The molecule has 6 nitrogen and oxygen atoms in total. The monoisotopic (exact) mass is 384 g/mol. The average Bonchev–Trinajstić information content (AvgIpc) is 2.96. The van der Waals surface area contributed by atoms with Crippen molar-refractivity contribution in [3.05, 3.63) is 58.4 Å². The Hall–Kier alpha value is -2.76. The maximum atomic E-state index is 13.0. The summed E-state index contributed by atoms with van der Waals surface area (Å²) >= 11 is 0. The van der Waals surface area contributed by atoms with Crippen molar-refractivity contribution in [1.29, 1.82) is 0 Å². The molecule has 3 rings (SSSR count). The van der Waals surface area contributed by atoms with Crippen LogP contribution >= 0.6 is 0 Å². The quantitative estimate of drug-likeness (QED) is 0.797. The van der Waals surface area contributed by atoms with Crippen molar-refractivity contribution >= 4 is 12.1 Å². The van der Waals surface area contributed by atoms with E-state index in [4.69, 9.17) is 9.47 Å². The minimum Gasteiger partial charge on any atom is -0.462 e. The topological polar surface area (TPSA) is 71.6 Å². The number of H-pyrrole nitrogens is 1. The molecular formula is C22H28N2O4. The molecule has 0 bridgehead atoms. The lowest BCUT2D eigenvalue weighted by Gasteiger charge is -2.37. The van der Waals surface area contributed by atoms with Crippen molar-refractivity contribution in [2.75, 3.05) is 13.2 Å². The lowest BCUT2D eigenvalue weighted by molar-refractivity contribution is 0.0173. The van der Waals surface area contributed by atoms with Gasteiger partial charge in [-0.05, 0) is 40.2 Å². The summed E-state index contributed by atoms with van der Waals surface area (Å²) in [5.41, 5.74) is 3.37. The van der Waals surface area contributed by atoms with E-state index in [9.17, 15) is 9.59 Å². The number of hydrogen-bond acceptors (Lipinski definition) is 4. The first kappa shape index (κ1) is 20.0. The minimum atomic E-state index is -0.601. The normalized spacial score (nSPS) is 16.5. The lowest BCUT2D eigenvalue weighted by Crippen LogP contribution is -2.43. The average molecular weight is 384 g/mol. The third-order valence-corrected chi connectivity index (χ3v) is 4.72. The Morgan fingerprint density at radius 2 is 1.89 bits per heavy atom. The van der Waals surface area contributed by atoms with E-state index in [0.29, 0.717) is 25.1 Å². The highest BCUT2D eigenvalue weighted by Crippen LogP contribution is 2.39. The number of carbonyl (C=O) groups is 2. The maximum absolute atomic E-state index is 13.0. The summed E-state index contributed by atoms with van der Waals surface area (Å²) in [6, 6.07) is 9.31. The highest BCUT2D eigenvalue weighted by Gasteiger charge is 2.39. The summed E-state index contributed by atoms with van der Waals surface area (Å²) in [5, 5.41) is 0. The molecule has 150 valence electrons. The fourth-order valence-electron chi connectivity index (χ4n) is 3.69. The van der Waals surface area contributed by atoms with Crippen molar-refractivity contribution in [1.82, 2.24) is 9.88 Å². The predicted octanol–water partition coefficient (Wildman–Crippen LogP) is 4.38. The molecule has 1 amide bonds. The first-order valence-electron chi connectivity index (χ1n) is 9.66. The van der Waals surface area contributed by atoms with Crippen LogP contribution < -0.4 is 0 Å². The van der Waals surface area contributed by atoms with Gasteiger partial charge < -0.3 is 14.5 Å². The van der Waals surface area contributed by atoms with Gasteiger partial charge >= 0.3 is 12.1 Å². The number of aromatic amines is 1. The molecular weight excluding hydrogens is 356 g/mol. The third kappa shape index (κ3) is 3.91. The van der Waals surface area contributed by atoms with Crippen molar-refractivity contribution in [3.8, 4) is 0 Å². The van der Waals surface area contributed by atoms with Gasteiger partial charge in [0.05, 0.1) is 18.2 Å². The number of fused-ring (bicyclic) bond motifs is 1. The Bertz CT molecular complexity index is 865. The second kappa shape index (κ2) is 7.70. The van der Waals surface area contributed by atoms with Gasteiger partial charge in [-0.25, -0.2) is 9.59 Å². The van der Waals surface area contributed by atoms with Gasteiger partial charge in [0.1, 0.15) is 5.60 Å². The van der Waals surface area contributed by atoms with Crippen molar-refractivity contribution < 1.29 is 19.1 Å². The molecule has 28 heavy (non-hydrogen) atoms. The summed E-state index contributed by atoms with van der Waals surface area (Å²) in [5.74, 6) is -0.371. The second-order valence-corrected chi connectivity index (χ2v) is 7.97. The van der Waals surface area contributed by atoms with Gasteiger partial charge in [0.2, 0.25) is 0 Å². The van der Waals surface area contributed by atoms with Crippen molar-refractivity contribution in [2.24, 2.45) is 0 Å². The summed E-state index contributed by atoms with van der Waals surface area (Å²) < 4.78 is 11.0. The molecule has 1 aliphatic heterocycles. The molecule has 0 aliphatic carbocycles. The standard InChI is InChI=1S/C22H28N2O4/c1-6-27-20(25)17-14(2)23-16-12-13-24(21(26)28-22(3,4)5)19(18(16)17)15-10-8-7-9-11-15/h7-11,19,23H,6,12-13H2,1-5H3. The number of amides is 1. The molecule has 0 spiro atoms. The molecule has 0 saturated heterocycles. The molecule has 1 N–H and O–H groups in total. The van der Waals surface area contributed by atoms with E-state index in [0.717, 1.165) is 22.5 Å². The number of carbonyl (C=O) groups excluding carboxylic acids is 2. The molecule has 2 aromatic rings. The first-order chi connectivity index (χ1) is 13.2. The van der Waals surface area contributed by atoms with Gasteiger partial charge in [-0.2, -0.15) is 0 Å². The van der Waals surface area contributed by atoms with Crippen LogP contribution in [0, 0.1) is 6.92 Å². The van der Waals surface area contributed by atoms with Gasteiger partial charge in [-0.3, -0.25) is 4.90 Å². The van der Waals surface area contributed by atoms with Crippen LogP contribution in [0.1, 0.15) is 66.6 Å². The second-order valence-electron chi connectivity index (χ2n) is 7.97. The molecule has 1 aliphatic rings. The van der Waals surface area contributed by atoms with E-state index in [2.05, 4.69) is 4.98 Å². The lowest BCUT2D eigenvalue weighted by atomic mass is 9.89. The van der Waals surface area contributed by atoms with Gasteiger partial charge in [0.25, 0.3) is 0 Å². The number of nitrogens with one attached hydrogen (secondary N) is 1. The number of esters is 1. The number of hydrogen-bond donors (Lipinski definition) is 1. The van der Waals surface area contributed by atoms with Crippen LogP contribution in [0.2, 0.25) is 0 Å². The fraction of sp³-hybridized carbons (Fsp3) is 0.455. The highest BCUT2D eigenvalue weighted by atomic mass is 16.6. The Kier molecular flexibility index (Phi) is 5.49. The zero-order valence-electron chi connectivity index (χ0n) is 17.2. The van der Waals surface area contributed by atoms with Gasteiger partial charge in [-0.15, -0.1) is 0 Å². The van der Waals surface area contributed by atoms with E-state index in [1.54, 1.807) is 11.8 Å². The van der Waals surface area contributed by atoms with E-state index in [1.165, 1.54) is 0 Å². The molecule has 0 fully saturated rings. The van der Waals surface area contributed by atoms with Crippen LogP contribution in [0.4, 0.5) is 4.79 Å². The molecule has 2 heterocycles. The number of rotatable bonds is 3. The number of ether oxygens (including phenoxy) is 2. The molecule has 6 heteroatoms. The van der Waals surface area contributed by atoms with E-state index >= 15 is 0 Å². The maximum Gasteiger partial charge on any atom is 0.411 e. The van der Waals surface area contributed by atoms with E-state index in [1.807, 2.05) is 58.0 Å². The molecule has 0 radical (unpaired) electrons. The van der Waals surface area contributed by atoms with E-state index < -0.39 is 11.6 Å². The van der Waals surface area contributed by atoms with E-state index in [-0.39, 0.29) is 12.1 Å². The summed E-state index contributed by atoms with van der Waals surface area (Å²) in [6.45, 7) is 10.00. The fourth-order valence-corrected chi connectivity index (χ4v) is 3.69. The highest BCUT2D eigenvalue weighted by molar-refractivity contribution is 5.94. The largest absolute Gasteiger partial charge is 0.462 e. The van der Waals surface area contributed by atoms with Gasteiger partial charge in [0, 0.05) is 29.9 Å². The molecule has 1 aromatic heterocycles. The third-order valence-electron chi connectivity index (χ3n) is 4.72. The molecule has 1 atom stereocenters. The number of aromatic nitrogens is 1. The Morgan fingerprint density at radius 1 is 1.21 bits per heavy atom. The summed E-state index contributed by atoms with van der Waals surface area (Å²) in [4.78, 5) is 30.7. The summed E-state index contributed by atoms with van der Waals surface area (Å²) in [7, 11) is 0. The Labute approximate surface area is 165 Å². The smallest absolute Gasteiger partial charge is 0.411 e. The van der Waals surface area contributed by atoms with Crippen LogP contribution in [0.15, 0.2) is 30.3 Å². The Morgan fingerprint density at radius 3 is 2.50 bits per heavy atom. The summed E-state index contributed by atoms with van der Waals surface area (Å²) in [6.07, 6.45) is 0.235. The zero-order chi connectivity index (χ0) is 20.5. The van der Waals surface area contributed by atoms with Crippen LogP contribution in [-0.4, -0.2) is 40.7 Å². The SMILES string of the molecule is CCOC(=O)c1c(C)[nH]c2c1C(c1ccccc1)N(C(=O)OC(C)(C)C)CC2. The first-order valence-corrected chi connectivity index (χ1v) is 9.66. The minimum absolute atomic E-state index is 0.296. The molecule has 0 saturated carbocycles. The van der Waals surface area contributed by atoms with Crippen LogP contribution in [-0.2, 0) is 15.9 Å². The molecule has 1 unspecified atom stereocenters. The van der Waals surface area contributed by atoms with Crippen LogP contribution in [0.5, 0.6) is 0 Å². The number of benzene rings is 1. The zero-order valence-corrected chi connectivity index (χ0v) is 17.2. The predicted molar refractivity (Wildman–Crippen MR) is 106 cm³/mol. The van der Waals surface area contributed by atoms with Gasteiger partial charge in [0.15, 0.2) is 0 Å². The van der Waals surface area contributed by atoms with Crippen LogP contribution in [0.3, 0.4) is 0 Å². The van der Waals surface area contributed by atoms with Crippen molar-refractivity contribution in [3.63, 3.8) is 0 Å². The Balaban J connectivity index is 2.13.